The first-order chi connectivity index (χ1) is 12.0. The Morgan fingerprint density at radius 3 is 2.88 bits per heavy atom. The van der Waals surface area contributed by atoms with Crippen LogP contribution >= 0.6 is 0 Å². The highest BCUT2D eigenvalue weighted by molar-refractivity contribution is 5.94. The summed E-state index contributed by atoms with van der Waals surface area (Å²) in [7, 11) is 0. The Labute approximate surface area is 148 Å². The molecule has 0 spiro atoms. The molecule has 6 heteroatoms. The molecule has 25 heavy (non-hydrogen) atoms. The highest BCUT2D eigenvalue weighted by Crippen LogP contribution is 2.28. The van der Waals surface area contributed by atoms with Gasteiger partial charge in [-0.3, -0.25) is 9.59 Å². The summed E-state index contributed by atoms with van der Waals surface area (Å²) in [5.41, 5.74) is 0.605. The van der Waals surface area contributed by atoms with E-state index < -0.39 is 6.10 Å². The average molecular weight is 349 g/mol. The van der Waals surface area contributed by atoms with Crippen molar-refractivity contribution in [1.82, 2.24) is 5.32 Å². The molecule has 0 radical (unpaired) electrons. The smallest absolute Gasteiger partial charge is 0.220 e. The third-order valence-electron chi connectivity index (χ3n) is 3.95. The van der Waals surface area contributed by atoms with Crippen molar-refractivity contribution >= 4 is 11.7 Å². The van der Waals surface area contributed by atoms with Crippen LogP contribution in [0.2, 0.25) is 0 Å². The molecule has 1 atom stereocenters. The van der Waals surface area contributed by atoms with Crippen LogP contribution in [0.1, 0.15) is 43.0 Å². The van der Waals surface area contributed by atoms with Gasteiger partial charge in [-0.25, -0.2) is 0 Å². The van der Waals surface area contributed by atoms with E-state index in [4.69, 9.17) is 9.47 Å². The molecular weight excluding hydrogens is 322 g/mol. The van der Waals surface area contributed by atoms with Crippen molar-refractivity contribution in [3.8, 4) is 5.75 Å². The van der Waals surface area contributed by atoms with Crippen LogP contribution in [0.3, 0.4) is 0 Å². The molecule has 1 aromatic carbocycles. The average Bonchev–Trinajstić information content (AvgIpc) is 3.41. The monoisotopic (exact) mass is 349 g/mol. The molecule has 138 valence electrons. The second-order valence-corrected chi connectivity index (χ2v) is 6.47. The highest BCUT2D eigenvalue weighted by Gasteiger charge is 2.21. The molecule has 0 aliphatic heterocycles. The summed E-state index contributed by atoms with van der Waals surface area (Å²) >= 11 is 0. The molecule has 0 heterocycles. The molecule has 1 saturated carbocycles. The van der Waals surface area contributed by atoms with Gasteiger partial charge < -0.3 is 19.9 Å². The van der Waals surface area contributed by atoms with Gasteiger partial charge in [-0.05, 0) is 44.2 Å². The minimum Gasteiger partial charge on any atom is -0.494 e. The summed E-state index contributed by atoms with van der Waals surface area (Å²) in [5.74, 6) is 1.15. The minimum atomic E-state index is -0.673. The Morgan fingerprint density at radius 1 is 1.36 bits per heavy atom. The maximum Gasteiger partial charge on any atom is 0.220 e. The lowest BCUT2D eigenvalue weighted by molar-refractivity contribution is -0.122. The number of hydrogen-bond donors (Lipinski definition) is 2. The first kappa shape index (κ1) is 19.4. The molecule has 1 aliphatic rings. The van der Waals surface area contributed by atoms with Crippen LogP contribution in [0.15, 0.2) is 24.3 Å². The van der Waals surface area contributed by atoms with Crippen LogP contribution in [0.25, 0.3) is 0 Å². The number of Topliss-reactive ketones (excluding diaryl/α,β-unsaturated/α-hetero) is 1. The Hall–Kier alpha value is -1.92. The molecule has 1 aliphatic carbocycles. The Morgan fingerprint density at radius 2 is 2.16 bits per heavy atom. The molecule has 2 N–H and O–H groups in total. The van der Waals surface area contributed by atoms with Gasteiger partial charge in [0, 0.05) is 25.1 Å². The maximum absolute atomic E-state index is 11.7. The van der Waals surface area contributed by atoms with E-state index in [9.17, 15) is 14.7 Å². The van der Waals surface area contributed by atoms with Crippen LogP contribution < -0.4 is 10.1 Å². The second kappa shape index (κ2) is 10.2. The van der Waals surface area contributed by atoms with Crippen molar-refractivity contribution < 1.29 is 24.2 Å². The number of benzene rings is 1. The quantitative estimate of drug-likeness (QED) is 0.445. The fraction of sp³-hybridized carbons (Fsp3) is 0.579. The number of ketones is 1. The molecular formula is C19H27NO5. The molecule has 1 amide bonds. The molecule has 1 fully saturated rings. The molecule has 2 rings (SSSR count). The molecule has 1 aromatic rings. The number of aliphatic hydroxyl groups is 1. The summed E-state index contributed by atoms with van der Waals surface area (Å²) in [6.07, 6.45) is 2.64. The summed E-state index contributed by atoms with van der Waals surface area (Å²) in [6, 6.07) is 6.98. The van der Waals surface area contributed by atoms with Gasteiger partial charge in [0.15, 0.2) is 5.78 Å². The fourth-order valence-electron chi connectivity index (χ4n) is 2.26. The van der Waals surface area contributed by atoms with E-state index in [-0.39, 0.29) is 24.8 Å². The number of nitrogens with one attached hydrogen (secondary N) is 1. The van der Waals surface area contributed by atoms with Crippen molar-refractivity contribution in [2.45, 2.75) is 38.7 Å². The van der Waals surface area contributed by atoms with Crippen molar-refractivity contribution in [3.05, 3.63) is 29.8 Å². The van der Waals surface area contributed by atoms with E-state index in [1.165, 1.54) is 19.8 Å². The number of rotatable bonds is 12. The number of amides is 1. The van der Waals surface area contributed by atoms with Crippen molar-refractivity contribution in [1.29, 1.82) is 0 Å². The first-order valence-corrected chi connectivity index (χ1v) is 8.81. The Kier molecular flexibility index (Phi) is 7.88. The molecule has 0 aromatic heterocycles. The van der Waals surface area contributed by atoms with Gasteiger partial charge in [0.2, 0.25) is 5.91 Å². The van der Waals surface area contributed by atoms with Crippen molar-refractivity contribution in [2.75, 3.05) is 26.4 Å². The number of ether oxygens (including phenoxy) is 2. The number of hydrogen-bond acceptors (Lipinski definition) is 5. The lowest BCUT2D eigenvalue weighted by atomic mass is 10.1. The van der Waals surface area contributed by atoms with Crippen molar-refractivity contribution in [3.63, 3.8) is 0 Å². The number of carbonyl (C=O) groups is 2. The van der Waals surface area contributed by atoms with E-state index in [0.717, 1.165) is 0 Å². The zero-order valence-corrected chi connectivity index (χ0v) is 14.7. The SMILES string of the molecule is CC(=O)c1cccc(OCCCC(=O)NC[C@@H](O)COCC2CC2)c1. The zero-order chi connectivity index (χ0) is 18.1. The van der Waals surface area contributed by atoms with E-state index in [1.807, 2.05) is 0 Å². The van der Waals surface area contributed by atoms with Gasteiger partial charge in [-0.1, -0.05) is 12.1 Å². The zero-order valence-electron chi connectivity index (χ0n) is 14.7. The standard InChI is InChI=1S/C19H27NO5/c1-14(21)16-4-2-5-18(10-16)25-9-3-6-19(23)20-11-17(22)13-24-12-15-7-8-15/h2,4-5,10,15,17,22H,3,6-9,11-13H2,1H3,(H,20,23)/t17-/m1/s1. The van der Waals surface area contributed by atoms with Gasteiger partial charge in [0.25, 0.3) is 0 Å². The van der Waals surface area contributed by atoms with E-state index in [2.05, 4.69) is 5.32 Å². The molecule has 0 bridgehead atoms. The summed E-state index contributed by atoms with van der Waals surface area (Å²) in [4.78, 5) is 23.0. The normalized spacial score (nSPS) is 14.8. The van der Waals surface area contributed by atoms with Crippen LogP contribution in [0.4, 0.5) is 0 Å². The summed E-state index contributed by atoms with van der Waals surface area (Å²) in [6.45, 7) is 3.06. The van der Waals surface area contributed by atoms with E-state index in [1.54, 1.807) is 24.3 Å². The lowest BCUT2D eigenvalue weighted by Gasteiger charge is -2.12. The predicted molar refractivity (Wildman–Crippen MR) is 93.7 cm³/mol. The van der Waals surface area contributed by atoms with Crippen molar-refractivity contribution in [2.24, 2.45) is 5.92 Å². The molecule has 0 saturated heterocycles. The van der Waals surface area contributed by atoms with E-state index >= 15 is 0 Å². The summed E-state index contributed by atoms with van der Waals surface area (Å²) < 4.78 is 10.9. The Bertz CT molecular complexity index is 571. The lowest BCUT2D eigenvalue weighted by Crippen LogP contribution is -2.34. The fourth-order valence-corrected chi connectivity index (χ4v) is 2.26. The second-order valence-electron chi connectivity index (χ2n) is 6.47. The number of aliphatic hydroxyl groups excluding tert-OH is 1. The van der Waals surface area contributed by atoms with Gasteiger partial charge in [-0.15, -0.1) is 0 Å². The van der Waals surface area contributed by atoms with Gasteiger partial charge in [0.05, 0.1) is 19.3 Å². The third kappa shape index (κ3) is 8.14. The van der Waals surface area contributed by atoms with Gasteiger partial charge in [0.1, 0.15) is 5.75 Å². The third-order valence-corrected chi connectivity index (χ3v) is 3.95. The maximum atomic E-state index is 11.7. The van der Waals surface area contributed by atoms with Gasteiger partial charge in [-0.2, -0.15) is 0 Å². The highest BCUT2D eigenvalue weighted by atomic mass is 16.5. The van der Waals surface area contributed by atoms with Crippen LogP contribution in [-0.2, 0) is 9.53 Å². The molecule has 0 unspecified atom stereocenters. The summed E-state index contributed by atoms with van der Waals surface area (Å²) in [5, 5.41) is 12.4. The van der Waals surface area contributed by atoms with Crippen LogP contribution in [0.5, 0.6) is 5.75 Å². The minimum absolute atomic E-state index is 0.00973. The van der Waals surface area contributed by atoms with Gasteiger partial charge >= 0.3 is 0 Å². The molecule has 6 nitrogen and oxygen atoms in total. The Balaban J connectivity index is 1.52. The van der Waals surface area contributed by atoms with Crippen LogP contribution in [0, 0.1) is 5.92 Å². The largest absolute Gasteiger partial charge is 0.494 e. The predicted octanol–water partition coefficient (Wildman–Crippen LogP) is 1.95. The van der Waals surface area contributed by atoms with E-state index in [0.29, 0.717) is 43.3 Å². The topological polar surface area (TPSA) is 84.9 Å². The number of carbonyl (C=O) groups excluding carboxylic acids is 2. The first-order valence-electron chi connectivity index (χ1n) is 8.81. The van der Waals surface area contributed by atoms with Crippen LogP contribution in [-0.4, -0.2) is 49.3 Å².